The number of rotatable bonds is 4. The second-order valence-corrected chi connectivity index (χ2v) is 7.96. The molecule has 0 aromatic carbocycles. The first-order chi connectivity index (χ1) is 11.4. The van der Waals surface area contributed by atoms with Crippen LogP contribution in [0.1, 0.15) is 58.2 Å². The van der Waals surface area contributed by atoms with Gasteiger partial charge in [-0.15, -0.1) is 0 Å². The van der Waals surface area contributed by atoms with Crippen molar-refractivity contribution in [1.29, 1.82) is 0 Å². The molecule has 2 atom stereocenters. The Hall–Kier alpha value is -1.69. The Morgan fingerprint density at radius 2 is 2.29 bits per heavy atom. The van der Waals surface area contributed by atoms with Crippen LogP contribution in [0.3, 0.4) is 0 Å². The summed E-state index contributed by atoms with van der Waals surface area (Å²) in [5, 5.41) is 6.87. The number of likely N-dealkylation sites (N-methyl/N-ethyl adjacent to an activating group) is 1. The number of nitrogens with one attached hydrogen (secondary N) is 1. The molecule has 132 valence electrons. The van der Waals surface area contributed by atoms with Gasteiger partial charge in [-0.05, 0) is 38.0 Å². The predicted molar refractivity (Wildman–Crippen MR) is 91.4 cm³/mol. The highest BCUT2D eigenvalue weighted by Gasteiger charge is 2.35. The fraction of sp³-hybridized carbons (Fsp3) is 0.722. The first-order valence-electron chi connectivity index (χ1n) is 8.78. The molecule has 3 rings (SSSR count). The monoisotopic (exact) mass is 332 g/mol. The third-order valence-corrected chi connectivity index (χ3v) is 5.36. The van der Waals surface area contributed by atoms with Gasteiger partial charge in [-0.3, -0.25) is 9.89 Å². The summed E-state index contributed by atoms with van der Waals surface area (Å²) in [7, 11) is 1.88. The molecule has 6 nitrogen and oxygen atoms in total. The molecule has 6 heteroatoms. The van der Waals surface area contributed by atoms with E-state index < -0.39 is 0 Å². The smallest absolute Gasteiger partial charge is 0.249 e. The van der Waals surface area contributed by atoms with E-state index in [1.54, 1.807) is 0 Å². The zero-order valence-corrected chi connectivity index (χ0v) is 15.1. The lowest BCUT2D eigenvalue weighted by molar-refractivity contribution is -0.127. The van der Waals surface area contributed by atoms with Crippen molar-refractivity contribution in [1.82, 2.24) is 20.1 Å². The zero-order chi connectivity index (χ0) is 17.3. The number of hydrogen-bond acceptors (Lipinski definition) is 4. The predicted octanol–water partition coefficient (Wildman–Crippen LogP) is 2.66. The molecule has 1 aromatic rings. The molecule has 1 saturated heterocycles. The molecule has 0 saturated carbocycles. The fourth-order valence-corrected chi connectivity index (χ4v) is 4.00. The maximum Gasteiger partial charge on any atom is 0.249 e. The third kappa shape index (κ3) is 3.53. The summed E-state index contributed by atoms with van der Waals surface area (Å²) in [4.78, 5) is 19.0. The summed E-state index contributed by atoms with van der Waals surface area (Å²) in [5.74, 6) is 1.19. The largest absolute Gasteiger partial charge is 0.376 e. The Balaban J connectivity index is 1.66. The minimum Gasteiger partial charge on any atom is -0.376 e. The van der Waals surface area contributed by atoms with Gasteiger partial charge in [-0.1, -0.05) is 19.4 Å². The van der Waals surface area contributed by atoms with Gasteiger partial charge in [0.05, 0.1) is 6.10 Å². The maximum absolute atomic E-state index is 12.9. The van der Waals surface area contributed by atoms with E-state index in [0.717, 1.165) is 37.1 Å². The number of amides is 1. The molecule has 0 bridgehead atoms. The van der Waals surface area contributed by atoms with Gasteiger partial charge in [0, 0.05) is 31.7 Å². The molecule has 0 spiro atoms. The molecule has 2 heterocycles. The topological polar surface area (TPSA) is 71.1 Å². The van der Waals surface area contributed by atoms with Gasteiger partial charge in [0.1, 0.15) is 12.2 Å². The molecule has 0 unspecified atom stereocenters. The van der Waals surface area contributed by atoms with Crippen molar-refractivity contribution < 1.29 is 9.53 Å². The normalized spacial score (nSPS) is 26.7. The Bertz CT molecular complexity index is 621. The summed E-state index contributed by atoms with van der Waals surface area (Å²) in [6.45, 7) is 7.94. The van der Waals surface area contributed by atoms with Crippen molar-refractivity contribution in [3.63, 3.8) is 0 Å². The molecule has 1 amide bonds. The average molecular weight is 332 g/mol. The summed E-state index contributed by atoms with van der Waals surface area (Å²) in [5.41, 5.74) is 2.53. The molecule has 1 aliphatic carbocycles. The Morgan fingerprint density at radius 1 is 1.50 bits per heavy atom. The summed E-state index contributed by atoms with van der Waals surface area (Å²) in [6, 6.07) is 0. The van der Waals surface area contributed by atoms with Crippen LogP contribution in [0.5, 0.6) is 0 Å². The van der Waals surface area contributed by atoms with E-state index in [1.807, 2.05) is 11.9 Å². The number of nitrogens with zero attached hydrogens (tertiary/aromatic N) is 3. The number of aromatic nitrogens is 3. The SMILES string of the molecule is CC1=C(C(=O)N(C)C[C@H]2OCC[C@H]2c2ncn[nH]2)CCC(C)(C)C1. The molecule has 24 heavy (non-hydrogen) atoms. The van der Waals surface area contributed by atoms with Gasteiger partial charge in [0.25, 0.3) is 0 Å². The zero-order valence-electron chi connectivity index (χ0n) is 15.1. The Morgan fingerprint density at radius 3 is 2.96 bits per heavy atom. The number of hydrogen-bond donors (Lipinski definition) is 1. The molecule has 2 aliphatic rings. The Kier molecular flexibility index (Phi) is 4.76. The standard InChI is InChI=1S/C18H28N4O2/c1-12-9-18(2,3)7-5-13(12)17(23)22(4)10-15-14(6-8-24-15)16-19-11-20-21-16/h11,14-15H,5-10H2,1-4H3,(H,19,20,21)/t14-,15-/m1/s1. The van der Waals surface area contributed by atoms with Crippen molar-refractivity contribution in [2.45, 2.75) is 58.5 Å². The van der Waals surface area contributed by atoms with Crippen LogP contribution in [-0.4, -0.2) is 52.3 Å². The molecule has 1 aliphatic heterocycles. The van der Waals surface area contributed by atoms with Crippen LogP contribution in [0.25, 0.3) is 0 Å². The molecule has 1 N–H and O–H groups in total. The second-order valence-electron chi connectivity index (χ2n) is 7.96. The minimum atomic E-state index is -0.0205. The molecular weight excluding hydrogens is 304 g/mol. The highest BCUT2D eigenvalue weighted by Crippen LogP contribution is 2.39. The molecule has 1 aromatic heterocycles. The third-order valence-electron chi connectivity index (χ3n) is 5.36. The van der Waals surface area contributed by atoms with E-state index >= 15 is 0 Å². The Labute approximate surface area is 143 Å². The average Bonchev–Trinajstić information content (AvgIpc) is 3.16. The number of carbonyl (C=O) groups excluding carboxylic acids is 1. The van der Waals surface area contributed by atoms with E-state index in [1.165, 1.54) is 11.9 Å². The number of aromatic amines is 1. The van der Waals surface area contributed by atoms with Crippen molar-refractivity contribution in [3.05, 3.63) is 23.3 Å². The van der Waals surface area contributed by atoms with Crippen molar-refractivity contribution >= 4 is 5.91 Å². The number of ether oxygens (including phenoxy) is 1. The van der Waals surface area contributed by atoms with Gasteiger partial charge in [-0.25, -0.2) is 4.98 Å². The van der Waals surface area contributed by atoms with E-state index in [4.69, 9.17) is 4.74 Å². The van der Waals surface area contributed by atoms with E-state index in [0.29, 0.717) is 18.6 Å². The fourth-order valence-electron chi connectivity index (χ4n) is 4.00. The summed E-state index contributed by atoms with van der Waals surface area (Å²) in [6.07, 6.45) is 5.37. The van der Waals surface area contributed by atoms with Crippen LogP contribution in [-0.2, 0) is 9.53 Å². The van der Waals surface area contributed by atoms with E-state index in [2.05, 4.69) is 36.0 Å². The van der Waals surface area contributed by atoms with Gasteiger partial charge >= 0.3 is 0 Å². The first kappa shape index (κ1) is 17.1. The molecule has 0 radical (unpaired) electrons. The van der Waals surface area contributed by atoms with Crippen molar-refractivity contribution in [2.24, 2.45) is 5.41 Å². The second kappa shape index (κ2) is 6.67. The lowest BCUT2D eigenvalue weighted by Gasteiger charge is -2.33. The van der Waals surface area contributed by atoms with E-state index in [-0.39, 0.29) is 17.9 Å². The van der Waals surface area contributed by atoms with Crippen LogP contribution < -0.4 is 0 Å². The maximum atomic E-state index is 12.9. The lowest BCUT2D eigenvalue weighted by atomic mass is 9.74. The van der Waals surface area contributed by atoms with Gasteiger partial charge in [-0.2, -0.15) is 5.10 Å². The quantitative estimate of drug-likeness (QED) is 0.920. The number of carbonyl (C=O) groups is 1. The van der Waals surface area contributed by atoms with Crippen LogP contribution in [0.2, 0.25) is 0 Å². The summed E-state index contributed by atoms with van der Waals surface area (Å²) < 4.78 is 5.86. The minimum absolute atomic E-state index is 0.0205. The van der Waals surface area contributed by atoms with Gasteiger partial charge in [0.2, 0.25) is 5.91 Å². The highest BCUT2D eigenvalue weighted by atomic mass is 16.5. The highest BCUT2D eigenvalue weighted by molar-refractivity contribution is 5.94. The van der Waals surface area contributed by atoms with Crippen LogP contribution in [0.15, 0.2) is 17.5 Å². The number of H-pyrrole nitrogens is 1. The summed E-state index contributed by atoms with van der Waals surface area (Å²) >= 11 is 0. The van der Waals surface area contributed by atoms with Crippen LogP contribution in [0.4, 0.5) is 0 Å². The van der Waals surface area contributed by atoms with Crippen molar-refractivity contribution in [3.8, 4) is 0 Å². The van der Waals surface area contributed by atoms with Crippen LogP contribution >= 0.6 is 0 Å². The van der Waals surface area contributed by atoms with Gasteiger partial charge < -0.3 is 9.64 Å². The van der Waals surface area contributed by atoms with Gasteiger partial charge in [0.15, 0.2) is 0 Å². The van der Waals surface area contributed by atoms with Crippen LogP contribution in [0, 0.1) is 5.41 Å². The lowest BCUT2D eigenvalue weighted by Crippen LogP contribution is -2.38. The number of allylic oxidation sites excluding steroid dienone is 1. The molecular formula is C18H28N4O2. The molecule has 1 fully saturated rings. The first-order valence-corrected chi connectivity index (χ1v) is 8.78. The van der Waals surface area contributed by atoms with Crippen molar-refractivity contribution in [2.75, 3.05) is 20.2 Å². The van der Waals surface area contributed by atoms with E-state index in [9.17, 15) is 4.79 Å².